The number of anilines is 1. The first-order chi connectivity index (χ1) is 8.76. The van der Waals surface area contributed by atoms with Crippen LogP contribution in [0, 0.1) is 0 Å². The van der Waals surface area contributed by atoms with E-state index < -0.39 is 0 Å². The van der Waals surface area contributed by atoms with Crippen LogP contribution in [0.5, 0.6) is 0 Å². The monoisotopic (exact) mass is 248 g/mol. The van der Waals surface area contributed by atoms with Crippen molar-refractivity contribution in [3.8, 4) is 0 Å². The van der Waals surface area contributed by atoms with E-state index in [9.17, 15) is 0 Å². The third-order valence-electron chi connectivity index (χ3n) is 3.79. The van der Waals surface area contributed by atoms with Crippen LogP contribution in [0.4, 0.5) is 5.69 Å². The third kappa shape index (κ3) is 2.85. The fourth-order valence-corrected chi connectivity index (χ4v) is 2.48. The Morgan fingerprint density at radius 2 is 2.06 bits per heavy atom. The highest BCUT2D eigenvalue weighted by Crippen LogP contribution is 2.23. The minimum absolute atomic E-state index is 0.158. The molecule has 0 bridgehead atoms. The molecule has 1 saturated heterocycles. The maximum absolute atomic E-state index is 6.04. The van der Waals surface area contributed by atoms with Gasteiger partial charge in [0.15, 0.2) is 0 Å². The van der Waals surface area contributed by atoms with E-state index in [1.807, 2.05) is 0 Å². The van der Waals surface area contributed by atoms with Gasteiger partial charge in [-0.25, -0.2) is 0 Å². The molecule has 100 valence electrons. The van der Waals surface area contributed by atoms with Crippen molar-refractivity contribution in [3.05, 3.63) is 29.8 Å². The summed E-state index contributed by atoms with van der Waals surface area (Å²) >= 11 is 0. The summed E-state index contributed by atoms with van der Waals surface area (Å²) in [4.78, 5) is 2.45. The fourth-order valence-electron chi connectivity index (χ4n) is 2.48. The molecule has 1 aliphatic heterocycles. The second-order valence-corrected chi connectivity index (χ2v) is 4.94. The molecule has 2 unspecified atom stereocenters. The van der Waals surface area contributed by atoms with E-state index in [0.29, 0.717) is 6.04 Å². The summed E-state index contributed by atoms with van der Waals surface area (Å²) in [7, 11) is 0. The van der Waals surface area contributed by atoms with Crippen LogP contribution in [-0.2, 0) is 4.74 Å². The van der Waals surface area contributed by atoms with Gasteiger partial charge in [0.2, 0.25) is 0 Å². The molecule has 3 nitrogen and oxygen atoms in total. The average molecular weight is 248 g/mol. The molecule has 1 aromatic carbocycles. The topological polar surface area (TPSA) is 38.5 Å². The molecule has 1 fully saturated rings. The number of rotatable bonds is 4. The highest BCUT2D eigenvalue weighted by atomic mass is 16.5. The van der Waals surface area contributed by atoms with Crippen molar-refractivity contribution in [2.24, 2.45) is 5.73 Å². The van der Waals surface area contributed by atoms with E-state index in [1.54, 1.807) is 0 Å². The summed E-state index contributed by atoms with van der Waals surface area (Å²) in [5.41, 5.74) is 8.56. The molecule has 0 saturated carbocycles. The highest BCUT2D eigenvalue weighted by Gasteiger charge is 2.21. The Balaban J connectivity index is 2.12. The molecule has 0 radical (unpaired) electrons. The largest absolute Gasteiger partial charge is 0.377 e. The summed E-state index contributed by atoms with van der Waals surface area (Å²) in [5, 5.41) is 0. The average Bonchev–Trinajstić information content (AvgIpc) is 2.46. The van der Waals surface area contributed by atoms with Crippen LogP contribution in [-0.4, -0.2) is 25.8 Å². The van der Waals surface area contributed by atoms with E-state index in [-0.39, 0.29) is 6.04 Å². The van der Waals surface area contributed by atoms with Crippen molar-refractivity contribution in [1.82, 2.24) is 0 Å². The Morgan fingerprint density at radius 1 is 1.33 bits per heavy atom. The van der Waals surface area contributed by atoms with Gasteiger partial charge in [0.1, 0.15) is 0 Å². The van der Waals surface area contributed by atoms with Crippen LogP contribution in [0.15, 0.2) is 24.3 Å². The van der Waals surface area contributed by atoms with Gasteiger partial charge < -0.3 is 15.4 Å². The van der Waals surface area contributed by atoms with Crippen molar-refractivity contribution in [2.45, 2.75) is 38.8 Å². The van der Waals surface area contributed by atoms with Gasteiger partial charge in [-0.2, -0.15) is 0 Å². The Hall–Kier alpha value is -1.06. The van der Waals surface area contributed by atoms with Gasteiger partial charge >= 0.3 is 0 Å². The zero-order chi connectivity index (χ0) is 13.0. The molecule has 1 aromatic rings. The molecule has 0 aliphatic carbocycles. The van der Waals surface area contributed by atoms with Gasteiger partial charge in [-0.15, -0.1) is 0 Å². The third-order valence-corrected chi connectivity index (χ3v) is 3.79. The van der Waals surface area contributed by atoms with Gasteiger partial charge in [0.05, 0.1) is 19.3 Å². The normalized spacial score (nSPS) is 21.9. The summed E-state index contributed by atoms with van der Waals surface area (Å²) in [5.74, 6) is 0. The van der Waals surface area contributed by atoms with Gasteiger partial charge in [-0.1, -0.05) is 26.0 Å². The van der Waals surface area contributed by atoms with Crippen LogP contribution in [0.3, 0.4) is 0 Å². The second kappa shape index (κ2) is 6.21. The summed E-state index contributed by atoms with van der Waals surface area (Å²) in [6.07, 6.45) is 2.10. The van der Waals surface area contributed by atoms with Crippen molar-refractivity contribution >= 4 is 5.69 Å². The minimum Gasteiger partial charge on any atom is -0.377 e. The van der Waals surface area contributed by atoms with Gasteiger partial charge in [0, 0.05) is 18.3 Å². The maximum atomic E-state index is 6.04. The first-order valence-electron chi connectivity index (χ1n) is 6.96. The zero-order valence-corrected chi connectivity index (χ0v) is 11.4. The van der Waals surface area contributed by atoms with Gasteiger partial charge in [0.25, 0.3) is 0 Å². The molecule has 1 aliphatic rings. The van der Waals surface area contributed by atoms with Gasteiger partial charge in [-0.05, 0) is 30.5 Å². The van der Waals surface area contributed by atoms with Crippen molar-refractivity contribution < 1.29 is 4.74 Å². The van der Waals surface area contributed by atoms with Crippen LogP contribution in [0.25, 0.3) is 0 Å². The number of hydrogen-bond acceptors (Lipinski definition) is 3. The minimum atomic E-state index is 0.158. The lowest BCUT2D eigenvalue weighted by molar-refractivity contribution is 0.0930. The molecule has 18 heavy (non-hydrogen) atoms. The fraction of sp³-hybridized carbons (Fsp3) is 0.600. The van der Waals surface area contributed by atoms with Crippen molar-refractivity contribution in [1.29, 1.82) is 0 Å². The molecule has 1 heterocycles. The SMILES string of the molecule is CCC(N)c1ccc(N2CCOCC2CC)cc1. The molecule has 0 amide bonds. The zero-order valence-electron chi connectivity index (χ0n) is 11.4. The molecule has 0 spiro atoms. The van der Waals surface area contributed by atoms with E-state index in [0.717, 1.165) is 32.6 Å². The van der Waals surface area contributed by atoms with Gasteiger partial charge in [-0.3, -0.25) is 0 Å². The van der Waals surface area contributed by atoms with Crippen LogP contribution < -0.4 is 10.6 Å². The number of nitrogens with zero attached hydrogens (tertiary/aromatic N) is 1. The Morgan fingerprint density at radius 3 is 2.67 bits per heavy atom. The Kier molecular flexibility index (Phi) is 4.61. The number of benzene rings is 1. The summed E-state index contributed by atoms with van der Waals surface area (Å²) in [6.45, 7) is 6.98. The van der Waals surface area contributed by atoms with E-state index in [1.165, 1.54) is 11.3 Å². The molecular formula is C15H24N2O. The molecule has 2 rings (SSSR count). The van der Waals surface area contributed by atoms with Crippen LogP contribution in [0.1, 0.15) is 38.3 Å². The van der Waals surface area contributed by atoms with Crippen LogP contribution in [0.2, 0.25) is 0 Å². The second-order valence-electron chi connectivity index (χ2n) is 4.94. The smallest absolute Gasteiger partial charge is 0.0670 e. The Labute approximate surface area is 110 Å². The number of nitrogens with two attached hydrogens (primary N) is 1. The van der Waals surface area contributed by atoms with Crippen molar-refractivity contribution in [3.63, 3.8) is 0 Å². The molecule has 0 aromatic heterocycles. The lowest BCUT2D eigenvalue weighted by Gasteiger charge is -2.37. The number of morpholine rings is 1. The first-order valence-corrected chi connectivity index (χ1v) is 6.96. The first kappa shape index (κ1) is 13.4. The lowest BCUT2D eigenvalue weighted by Crippen LogP contribution is -2.45. The van der Waals surface area contributed by atoms with E-state index >= 15 is 0 Å². The maximum Gasteiger partial charge on any atom is 0.0670 e. The predicted octanol–water partition coefficient (Wildman–Crippen LogP) is 2.71. The molecule has 2 N–H and O–H groups in total. The summed E-state index contributed by atoms with van der Waals surface area (Å²) in [6, 6.07) is 9.37. The van der Waals surface area contributed by atoms with Crippen molar-refractivity contribution in [2.75, 3.05) is 24.7 Å². The molecule has 3 heteroatoms. The molecule has 2 atom stereocenters. The van der Waals surface area contributed by atoms with E-state index in [2.05, 4.69) is 43.0 Å². The Bertz CT molecular complexity index is 363. The summed E-state index contributed by atoms with van der Waals surface area (Å²) < 4.78 is 5.54. The lowest BCUT2D eigenvalue weighted by atomic mass is 10.0. The standard InChI is InChI=1S/C15H24N2O/c1-3-13-11-18-10-9-17(13)14-7-5-12(6-8-14)15(16)4-2/h5-8,13,15H,3-4,9-11,16H2,1-2H3. The highest BCUT2D eigenvalue weighted by molar-refractivity contribution is 5.49. The predicted molar refractivity (Wildman–Crippen MR) is 75.9 cm³/mol. The quantitative estimate of drug-likeness (QED) is 0.890. The van der Waals surface area contributed by atoms with E-state index in [4.69, 9.17) is 10.5 Å². The number of hydrogen-bond donors (Lipinski definition) is 1. The number of ether oxygens (including phenoxy) is 1. The molecular weight excluding hydrogens is 224 g/mol. The van der Waals surface area contributed by atoms with Crippen LogP contribution >= 0.6 is 0 Å².